The minimum atomic E-state index is -4.51. The zero-order chi connectivity index (χ0) is 23.6. The van der Waals surface area contributed by atoms with Crippen molar-refractivity contribution in [2.45, 2.75) is 12.6 Å². The van der Waals surface area contributed by atoms with Crippen molar-refractivity contribution in [1.29, 1.82) is 0 Å². The van der Waals surface area contributed by atoms with Crippen LogP contribution in [0.1, 0.15) is 12.0 Å². The average Bonchev–Trinajstić information content (AvgIpc) is 3.15. The van der Waals surface area contributed by atoms with Gasteiger partial charge in [0.2, 0.25) is 5.95 Å². The molecule has 10 heteroatoms. The highest BCUT2D eigenvalue weighted by Gasteiger charge is 2.31. The van der Waals surface area contributed by atoms with E-state index in [1.807, 2.05) is 14.1 Å². The van der Waals surface area contributed by atoms with Crippen molar-refractivity contribution < 1.29 is 17.6 Å². The Hall–Kier alpha value is -3.53. The summed E-state index contributed by atoms with van der Waals surface area (Å²) in [6.45, 7) is 1.56. The third-order valence-electron chi connectivity index (χ3n) is 5.05. The summed E-state index contributed by atoms with van der Waals surface area (Å²) < 4.78 is 54.4. The average molecular weight is 458 g/mol. The zero-order valence-electron chi connectivity index (χ0n) is 18.1. The molecule has 33 heavy (non-hydrogen) atoms. The summed E-state index contributed by atoms with van der Waals surface area (Å²) in [7, 11) is 3.98. The second-order valence-electron chi connectivity index (χ2n) is 7.82. The second kappa shape index (κ2) is 9.14. The topological polar surface area (TPSA) is 58.3 Å². The number of alkyl halides is 3. The summed E-state index contributed by atoms with van der Waals surface area (Å²) in [6, 6.07) is 9.68. The van der Waals surface area contributed by atoms with E-state index < -0.39 is 17.6 Å². The Bertz CT molecular complexity index is 1250. The lowest BCUT2D eigenvalue weighted by molar-refractivity contribution is -0.137. The van der Waals surface area contributed by atoms with Gasteiger partial charge in [-0.2, -0.15) is 18.3 Å². The number of anilines is 1. The van der Waals surface area contributed by atoms with Crippen molar-refractivity contribution in [3.8, 4) is 22.5 Å². The fourth-order valence-electron chi connectivity index (χ4n) is 3.46. The van der Waals surface area contributed by atoms with Crippen molar-refractivity contribution in [2.24, 2.45) is 0 Å². The minimum absolute atomic E-state index is 0.395. The van der Waals surface area contributed by atoms with Crippen LogP contribution >= 0.6 is 0 Å². The first-order chi connectivity index (χ1) is 15.7. The molecule has 3 aromatic heterocycles. The Morgan fingerprint density at radius 3 is 2.48 bits per heavy atom. The summed E-state index contributed by atoms with van der Waals surface area (Å²) in [6.07, 6.45) is -1.10. The van der Waals surface area contributed by atoms with E-state index >= 15 is 0 Å². The molecule has 0 saturated carbocycles. The highest BCUT2D eigenvalue weighted by molar-refractivity contribution is 5.91. The molecule has 0 aliphatic carbocycles. The minimum Gasteiger partial charge on any atom is -0.354 e. The van der Waals surface area contributed by atoms with Crippen LogP contribution in [-0.4, -0.2) is 51.7 Å². The number of benzene rings is 1. The molecule has 0 saturated heterocycles. The van der Waals surface area contributed by atoms with E-state index in [0.29, 0.717) is 40.5 Å². The predicted molar refractivity (Wildman–Crippen MR) is 118 cm³/mol. The molecule has 1 N–H and O–H groups in total. The molecule has 0 aliphatic heterocycles. The predicted octanol–water partition coefficient (Wildman–Crippen LogP) is 4.98. The number of hydrogen-bond donors (Lipinski definition) is 1. The van der Waals surface area contributed by atoms with Crippen LogP contribution in [0.5, 0.6) is 0 Å². The third-order valence-corrected chi connectivity index (χ3v) is 5.05. The van der Waals surface area contributed by atoms with Gasteiger partial charge in [-0.25, -0.2) is 18.9 Å². The molecule has 4 rings (SSSR count). The zero-order valence-corrected chi connectivity index (χ0v) is 18.1. The smallest absolute Gasteiger partial charge is 0.354 e. The maximum atomic E-state index is 13.5. The first kappa shape index (κ1) is 22.7. The number of nitrogens with zero attached hydrogens (tertiary/aromatic N) is 5. The number of aromatic nitrogens is 4. The lowest BCUT2D eigenvalue weighted by Crippen LogP contribution is -2.17. The maximum absolute atomic E-state index is 13.5. The van der Waals surface area contributed by atoms with Crippen molar-refractivity contribution in [2.75, 3.05) is 32.5 Å². The SMILES string of the molecule is CN(C)CCCNc1nccc(-c2c(-c3ccc(F)cc3)nn3cc(C(F)(F)F)ccc23)n1. The van der Waals surface area contributed by atoms with Crippen molar-refractivity contribution >= 4 is 11.5 Å². The van der Waals surface area contributed by atoms with Gasteiger partial charge in [0.1, 0.15) is 11.5 Å². The van der Waals surface area contributed by atoms with Gasteiger partial charge in [-0.15, -0.1) is 0 Å². The Morgan fingerprint density at radius 1 is 1.03 bits per heavy atom. The fraction of sp³-hybridized carbons (Fsp3) is 0.261. The maximum Gasteiger partial charge on any atom is 0.417 e. The summed E-state index contributed by atoms with van der Waals surface area (Å²) in [5.41, 5.74) is 1.61. The highest BCUT2D eigenvalue weighted by Crippen LogP contribution is 2.36. The van der Waals surface area contributed by atoms with Crippen LogP contribution in [0.25, 0.3) is 28.0 Å². The molecular formula is C23H22F4N6. The van der Waals surface area contributed by atoms with Gasteiger partial charge in [0, 0.05) is 24.5 Å². The summed E-state index contributed by atoms with van der Waals surface area (Å²) in [5.74, 6) is -0.0164. The quantitative estimate of drug-likeness (QED) is 0.313. The van der Waals surface area contributed by atoms with Crippen molar-refractivity contribution in [3.05, 3.63) is 66.2 Å². The molecular weight excluding hydrogens is 436 g/mol. The van der Waals surface area contributed by atoms with Crippen LogP contribution in [0.2, 0.25) is 0 Å². The number of rotatable bonds is 7. The summed E-state index contributed by atoms with van der Waals surface area (Å²) in [5, 5.41) is 7.57. The molecule has 0 amide bonds. The molecule has 0 atom stereocenters. The Morgan fingerprint density at radius 2 is 1.79 bits per heavy atom. The molecule has 0 unspecified atom stereocenters. The Balaban J connectivity index is 1.79. The molecule has 6 nitrogen and oxygen atoms in total. The summed E-state index contributed by atoms with van der Waals surface area (Å²) >= 11 is 0. The molecule has 0 bridgehead atoms. The molecule has 172 valence electrons. The van der Waals surface area contributed by atoms with Crippen LogP contribution < -0.4 is 5.32 Å². The largest absolute Gasteiger partial charge is 0.417 e. The third kappa shape index (κ3) is 5.11. The Labute approximate surface area is 187 Å². The van der Waals surface area contributed by atoms with E-state index in [9.17, 15) is 17.6 Å². The van der Waals surface area contributed by atoms with E-state index in [4.69, 9.17) is 0 Å². The van der Waals surface area contributed by atoms with Gasteiger partial charge in [0.15, 0.2) is 0 Å². The Kier molecular flexibility index (Phi) is 6.28. The molecule has 0 fully saturated rings. The van der Waals surface area contributed by atoms with Gasteiger partial charge >= 0.3 is 6.18 Å². The van der Waals surface area contributed by atoms with Crippen LogP contribution in [0, 0.1) is 5.82 Å². The van der Waals surface area contributed by atoms with Crippen LogP contribution in [0.4, 0.5) is 23.5 Å². The molecule has 0 spiro atoms. The van der Waals surface area contributed by atoms with Crippen LogP contribution in [0.3, 0.4) is 0 Å². The number of halogens is 4. The van der Waals surface area contributed by atoms with Crippen LogP contribution in [0.15, 0.2) is 54.9 Å². The lowest BCUT2D eigenvalue weighted by Gasteiger charge is -2.10. The van der Waals surface area contributed by atoms with E-state index in [0.717, 1.165) is 25.2 Å². The standard InChI is InChI=1S/C23H22F4N6/c1-32(2)13-3-11-28-22-29-12-10-18(30-22)20-19-9-6-16(23(25,26)27)14-33(19)31-21(20)15-4-7-17(24)8-5-15/h4-10,12,14H,3,11,13H2,1-2H3,(H,28,29,30). The number of nitrogens with one attached hydrogen (secondary N) is 1. The molecule has 0 aliphatic rings. The van der Waals surface area contributed by atoms with Gasteiger partial charge in [-0.3, -0.25) is 0 Å². The van der Waals surface area contributed by atoms with Crippen LogP contribution in [-0.2, 0) is 6.18 Å². The lowest BCUT2D eigenvalue weighted by atomic mass is 10.0. The normalized spacial score (nSPS) is 12.0. The fourth-order valence-corrected chi connectivity index (χ4v) is 3.46. The number of pyridine rings is 1. The first-order valence-corrected chi connectivity index (χ1v) is 10.3. The number of fused-ring (bicyclic) bond motifs is 1. The van der Waals surface area contributed by atoms with Gasteiger partial charge in [-0.1, -0.05) is 0 Å². The molecule has 1 aromatic carbocycles. The molecule has 0 radical (unpaired) electrons. The van der Waals surface area contributed by atoms with E-state index in [1.165, 1.54) is 34.8 Å². The van der Waals surface area contributed by atoms with Gasteiger partial charge < -0.3 is 10.2 Å². The molecule has 4 aromatic rings. The number of hydrogen-bond acceptors (Lipinski definition) is 5. The first-order valence-electron chi connectivity index (χ1n) is 10.3. The highest BCUT2D eigenvalue weighted by atomic mass is 19.4. The van der Waals surface area contributed by atoms with Crippen molar-refractivity contribution in [3.63, 3.8) is 0 Å². The van der Waals surface area contributed by atoms with Crippen molar-refractivity contribution in [1.82, 2.24) is 24.5 Å². The van der Waals surface area contributed by atoms with E-state index in [1.54, 1.807) is 12.3 Å². The van der Waals surface area contributed by atoms with E-state index in [2.05, 4.69) is 25.3 Å². The van der Waals surface area contributed by atoms with Gasteiger partial charge in [-0.05, 0) is 69.5 Å². The second-order valence-corrected chi connectivity index (χ2v) is 7.82. The van der Waals surface area contributed by atoms with Gasteiger partial charge in [0.25, 0.3) is 0 Å². The summed E-state index contributed by atoms with van der Waals surface area (Å²) in [4.78, 5) is 10.9. The van der Waals surface area contributed by atoms with E-state index in [-0.39, 0.29) is 0 Å². The molecule has 3 heterocycles. The van der Waals surface area contributed by atoms with Gasteiger partial charge in [0.05, 0.1) is 22.3 Å². The monoisotopic (exact) mass is 458 g/mol.